The van der Waals surface area contributed by atoms with Gasteiger partial charge in [0.1, 0.15) is 0 Å². The Morgan fingerprint density at radius 2 is 1.00 bits per heavy atom. The first-order valence-corrected chi connectivity index (χ1v) is 6.44. The maximum Gasteiger partial charge on any atom is 0.490 e. The van der Waals surface area contributed by atoms with E-state index in [0.29, 0.717) is 25.7 Å². The Balaban J connectivity index is -0.000000333. The normalized spacial score (nSPS) is 10.8. The number of esters is 2. The van der Waals surface area contributed by atoms with Gasteiger partial charge in [0, 0.05) is 23.9 Å². The van der Waals surface area contributed by atoms with E-state index in [1.807, 2.05) is 0 Å². The molecule has 0 bridgehead atoms. The van der Waals surface area contributed by atoms with Crippen LogP contribution in [0, 0.1) is 0 Å². The Morgan fingerprint density at radius 3 is 1.17 bits per heavy atom. The molecule has 0 amide bonds. The van der Waals surface area contributed by atoms with Gasteiger partial charge in [-0.3, -0.25) is 0 Å². The molecule has 4 radical (unpaired) electrons. The van der Waals surface area contributed by atoms with Gasteiger partial charge in [-0.15, -0.1) is 0 Å². The Bertz CT molecular complexity index is 298. The molecule has 0 heterocycles. The summed E-state index contributed by atoms with van der Waals surface area (Å²) < 4.78 is 76.2. The minimum Gasteiger partial charge on any atom is -0.459 e. The van der Waals surface area contributed by atoms with Crippen molar-refractivity contribution in [1.29, 1.82) is 0 Å². The topological polar surface area (TPSA) is 52.6 Å². The second-order valence-corrected chi connectivity index (χ2v) is 3.97. The third-order valence-corrected chi connectivity index (χ3v) is 1.93. The van der Waals surface area contributed by atoms with Gasteiger partial charge >= 0.3 is 24.3 Å². The Morgan fingerprint density at radius 1 is 0.739 bits per heavy atom. The zero-order valence-corrected chi connectivity index (χ0v) is 15.5. The van der Waals surface area contributed by atoms with E-state index in [4.69, 9.17) is 0 Å². The van der Waals surface area contributed by atoms with Crippen LogP contribution in [0.2, 0.25) is 0 Å². The zero-order valence-electron chi connectivity index (χ0n) is 12.6. The first-order valence-electron chi connectivity index (χ1n) is 6.44. The summed E-state index contributed by atoms with van der Waals surface area (Å²) in [5, 5.41) is 0. The van der Waals surface area contributed by atoms with Crippen molar-refractivity contribution in [3.05, 3.63) is 0 Å². The van der Waals surface area contributed by atoms with Crippen LogP contribution in [0.1, 0.15) is 39.5 Å². The number of unbranched alkanes of at least 4 members (excludes halogenated alkanes) is 2. The summed E-state index contributed by atoms with van der Waals surface area (Å²) in [6.45, 7) is 3.27. The fraction of sp³-hybridized carbons (Fsp3) is 0.833. The molecule has 0 aromatic rings. The van der Waals surface area contributed by atoms with Crippen LogP contribution >= 0.6 is 0 Å². The van der Waals surface area contributed by atoms with E-state index in [0.717, 1.165) is 0 Å². The van der Waals surface area contributed by atoms with Crippen LogP contribution in [-0.4, -0.2) is 61.4 Å². The smallest absolute Gasteiger partial charge is 0.459 e. The molecule has 136 valence electrons. The molecular weight excluding hydrogens is 441 g/mol. The molecule has 0 unspecified atom stereocenters. The molecule has 0 aromatic heterocycles. The van der Waals surface area contributed by atoms with Crippen LogP contribution in [0.3, 0.4) is 0 Å². The van der Waals surface area contributed by atoms with Gasteiger partial charge in [-0.1, -0.05) is 26.7 Å². The number of ether oxygens (including phenoxy) is 2. The second kappa shape index (κ2) is 13.7. The van der Waals surface area contributed by atoms with Gasteiger partial charge in [0.2, 0.25) is 0 Å². The van der Waals surface area contributed by atoms with Gasteiger partial charge in [-0.2, -0.15) is 26.3 Å². The van der Waals surface area contributed by atoms with Crippen LogP contribution in [-0.2, 0) is 19.1 Å². The Labute approximate surface area is 146 Å². The first kappa shape index (κ1) is 27.2. The molecule has 0 N–H and O–H groups in total. The van der Waals surface area contributed by atoms with Gasteiger partial charge < -0.3 is 9.47 Å². The predicted molar refractivity (Wildman–Crippen MR) is 69.6 cm³/mol. The van der Waals surface area contributed by atoms with E-state index in [1.165, 1.54) is 0 Å². The number of hydrogen-bond donors (Lipinski definition) is 0. The number of carbonyl (C=O) groups excluding carboxylic acids is 2. The number of halogens is 6. The maximum atomic E-state index is 11.4. The van der Waals surface area contributed by atoms with Crippen LogP contribution in [0.5, 0.6) is 0 Å². The molecule has 0 aliphatic rings. The average molecular weight is 459 g/mol. The molecule has 0 rings (SSSR count). The molecule has 0 aliphatic heterocycles. The van der Waals surface area contributed by atoms with E-state index in [-0.39, 0.29) is 37.1 Å². The SMILES string of the molecule is CCCCOC(=O)C(F)(F)F.CCCCOC(=O)C(F)(F)F.[Sn]. The Hall–Kier alpha value is -0.681. The number of alkyl halides is 6. The molecule has 0 aromatic carbocycles. The monoisotopic (exact) mass is 460 g/mol. The van der Waals surface area contributed by atoms with Gasteiger partial charge in [-0.05, 0) is 12.8 Å². The summed E-state index contributed by atoms with van der Waals surface area (Å²) in [5.74, 6) is -4.21. The van der Waals surface area contributed by atoms with Crippen molar-refractivity contribution < 1.29 is 45.4 Å². The molecule has 11 heteroatoms. The van der Waals surface area contributed by atoms with Crippen LogP contribution < -0.4 is 0 Å². The van der Waals surface area contributed by atoms with E-state index >= 15 is 0 Å². The molecule has 0 spiro atoms. The van der Waals surface area contributed by atoms with Crippen molar-refractivity contribution in [1.82, 2.24) is 0 Å². The molecule has 0 saturated carbocycles. The van der Waals surface area contributed by atoms with Gasteiger partial charge in [0.25, 0.3) is 0 Å². The fourth-order valence-electron chi connectivity index (χ4n) is 0.782. The maximum absolute atomic E-state index is 11.4. The summed E-state index contributed by atoms with van der Waals surface area (Å²) in [6, 6.07) is 0. The van der Waals surface area contributed by atoms with Crippen molar-refractivity contribution in [2.45, 2.75) is 51.9 Å². The molecule has 23 heavy (non-hydrogen) atoms. The standard InChI is InChI=1S/2C6H9F3O2.Sn/c2*1-2-3-4-11-5(10)6(7,8)9;/h2*2-4H2,1H3;. The molecule has 0 saturated heterocycles. The van der Waals surface area contributed by atoms with Crippen LogP contribution in [0.15, 0.2) is 0 Å². The van der Waals surface area contributed by atoms with Gasteiger partial charge in [-0.25, -0.2) is 9.59 Å². The summed E-state index contributed by atoms with van der Waals surface area (Å²) in [7, 11) is 0. The molecule has 4 nitrogen and oxygen atoms in total. The molecule has 0 fully saturated rings. The zero-order chi connectivity index (χ0) is 17.8. The fourth-order valence-corrected chi connectivity index (χ4v) is 0.782. The first-order chi connectivity index (χ1) is 9.96. The van der Waals surface area contributed by atoms with Crippen LogP contribution in [0.4, 0.5) is 26.3 Å². The number of hydrogen-bond acceptors (Lipinski definition) is 4. The minimum atomic E-state index is -4.85. The molecule has 0 aliphatic carbocycles. The van der Waals surface area contributed by atoms with Crippen molar-refractivity contribution in [3.8, 4) is 0 Å². The average Bonchev–Trinajstić information content (AvgIpc) is 2.37. The third kappa shape index (κ3) is 17.5. The van der Waals surface area contributed by atoms with Crippen molar-refractivity contribution in [3.63, 3.8) is 0 Å². The van der Waals surface area contributed by atoms with Gasteiger partial charge in [0.05, 0.1) is 13.2 Å². The van der Waals surface area contributed by atoms with E-state index in [2.05, 4.69) is 9.47 Å². The number of rotatable bonds is 6. The number of carbonyl (C=O) groups is 2. The van der Waals surface area contributed by atoms with E-state index in [9.17, 15) is 35.9 Å². The second-order valence-electron chi connectivity index (χ2n) is 3.97. The van der Waals surface area contributed by atoms with E-state index < -0.39 is 24.3 Å². The minimum absolute atomic E-state index is 0. The molecular formula is C12H18F6O4Sn. The van der Waals surface area contributed by atoms with Crippen molar-refractivity contribution in [2.24, 2.45) is 0 Å². The third-order valence-electron chi connectivity index (χ3n) is 1.93. The summed E-state index contributed by atoms with van der Waals surface area (Å²) in [5.41, 5.74) is 0. The van der Waals surface area contributed by atoms with Gasteiger partial charge in [0.15, 0.2) is 0 Å². The summed E-state index contributed by atoms with van der Waals surface area (Å²) in [6.07, 6.45) is -7.39. The van der Waals surface area contributed by atoms with Crippen LogP contribution in [0.25, 0.3) is 0 Å². The Kier molecular flexibility index (Phi) is 16.2. The summed E-state index contributed by atoms with van der Waals surface area (Å²) in [4.78, 5) is 20.0. The van der Waals surface area contributed by atoms with Crippen molar-refractivity contribution >= 4 is 35.8 Å². The van der Waals surface area contributed by atoms with Crippen molar-refractivity contribution in [2.75, 3.05) is 13.2 Å². The summed E-state index contributed by atoms with van der Waals surface area (Å²) >= 11 is 0. The predicted octanol–water partition coefficient (Wildman–Crippen LogP) is 3.40. The molecule has 0 atom stereocenters. The van der Waals surface area contributed by atoms with E-state index in [1.54, 1.807) is 13.8 Å². The largest absolute Gasteiger partial charge is 0.490 e. The quantitative estimate of drug-likeness (QED) is 0.265.